The average Bonchev–Trinajstić information content (AvgIpc) is 3.13. The van der Waals surface area contributed by atoms with E-state index in [0.29, 0.717) is 23.2 Å². The van der Waals surface area contributed by atoms with Crippen LogP contribution in [0.25, 0.3) is 11.0 Å². The highest BCUT2D eigenvalue weighted by molar-refractivity contribution is 9.10. The summed E-state index contributed by atoms with van der Waals surface area (Å²) in [6.45, 7) is 6.22. The van der Waals surface area contributed by atoms with Gasteiger partial charge in [0, 0.05) is 22.6 Å². The quantitative estimate of drug-likeness (QED) is 0.756. The highest BCUT2D eigenvalue weighted by atomic mass is 79.9. The molecule has 1 saturated heterocycles. The summed E-state index contributed by atoms with van der Waals surface area (Å²) >= 11 is 3.52. The lowest BCUT2D eigenvalue weighted by atomic mass is 10.0. The largest absolute Gasteiger partial charge is 0.443 e. The maximum atomic E-state index is 12.9. The lowest BCUT2D eigenvalue weighted by Crippen LogP contribution is -2.28. The molecule has 2 aliphatic rings. The molecule has 27 heavy (non-hydrogen) atoms. The molecule has 0 amide bonds. The lowest BCUT2D eigenvalue weighted by molar-refractivity contribution is -0.00196. The Bertz CT molecular complexity index is 876. The number of benzene rings is 1. The minimum absolute atomic E-state index is 0.237. The van der Waals surface area contributed by atoms with Crippen LogP contribution in [0.15, 0.2) is 16.6 Å². The van der Waals surface area contributed by atoms with E-state index in [0.717, 1.165) is 36.0 Å². The number of nitrogens with zero attached hydrogens (tertiary/aromatic N) is 2. The predicted molar refractivity (Wildman–Crippen MR) is 105 cm³/mol. The molecule has 2 unspecified atom stereocenters. The molecule has 1 saturated carbocycles. The molecule has 2 heterocycles. The fourth-order valence-electron chi connectivity index (χ4n) is 3.58. The molecule has 146 valence electrons. The number of rotatable bonds is 3. The number of carbonyl (C=O) groups excluding carboxylic acids is 1. The first-order valence-corrected chi connectivity index (χ1v) is 10.3. The van der Waals surface area contributed by atoms with Gasteiger partial charge >= 0.3 is 6.09 Å². The van der Waals surface area contributed by atoms with Crippen LogP contribution < -0.4 is 0 Å². The van der Waals surface area contributed by atoms with Crippen molar-refractivity contribution in [2.24, 2.45) is 0 Å². The number of ether oxygens (including phenoxy) is 2. The van der Waals surface area contributed by atoms with Gasteiger partial charge in [0.05, 0.1) is 17.1 Å². The highest BCUT2D eigenvalue weighted by Gasteiger charge is 2.35. The number of aliphatic hydroxyl groups excluding tert-OH is 1. The van der Waals surface area contributed by atoms with Crippen LogP contribution in [-0.4, -0.2) is 39.1 Å². The van der Waals surface area contributed by atoms with Crippen molar-refractivity contribution in [1.29, 1.82) is 0 Å². The third-order valence-electron chi connectivity index (χ3n) is 4.93. The lowest BCUT2D eigenvalue weighted by Gasteiger charge is -2.21. The summed E-state index contributed by atoms with van der Waals surface area (Å²) in [5, 5.41) is 10.9. The first-order valence-electron chi connectivity index (χ1n) is 9.49. The van der Waals surface area contributed by atoms with Gasteiger partial charge in [0.2, 0.25) is 0 Å². The van der Waals surface area contributed by atoms with Gasteiger partial charge in [-0.15, -0.1) is 0 Å². The van der Waals surface area contributed by atoms with Crippen LogP contribution in [0.2, 0.25) is 0 Å². The summed E-state index contributed by atoms with van der Waals surface area (Å²) in [5.74, 6) is 0.981. The summed E-state index contributed by atoms with van der Waals surface area (Å²) in [7, 11) is 0. The topological polar surface area (TPSA) is 73.6 Å². The molecular weight excluding hydrogens is 412 g/mol. The van der Waals surface area contributed by atoms with Crippen molar-refractivity contribution in [1.82, 2.24) is 9.55 Å². The summed E-state index contributed by atoms with van der Waals surface area (Å²) in [6.07, 6.45) is 2.34. The van der Waals surface area contributed by atoms with Crippen molar-refractivity contribution < 1.29 is 19.4 Å². The number of aromatic nitrogens is 2. The van der Waals surface area contributed by atoms with Gasteiger partial charge in [-0.1, -0.05) is 15.9 Å². The second-order valence-electron chi connectivity index (χ2n) is 8.42. The number of aliphatic hydroxyl groups is 1. The van der Waals surface area contributed by atoms with Crippen molar-refractivity contribution >= 4 is 33.1 Å². The molecule has 0 radical (unpaired) electrons. The molecule has 1 N–H and O–H groups in total. The van der Waals surface area contributed by atoms with E-state index < -0.39 is 17.8 Å². The number of hydrogen-bond acceptors (Lipinski definition) is 5. The van der Waals surface area contributed by atoms with E-state index in [2.05, 4.69) is 15.9 Å². The third kappa shape index (κ3) is 3.77. The van der Waals surface area contributed by atoms with Gasteiger partial charge in [-0.3, -0.25) is 0 Å². The smallest absolute Gasteiger partial charge is 0.420 e. The van der Waals surface area contributed by atoms with Crippen molar-refractivity contribution in [3.8, 4) is 0 Å². The van der Waals surface area contributed by atoms with Crippen LogP contribution in [0.4, 0.5) is 4.79 Å². The van der Waals surface area contributed by atoms with Crippen LogP contribution >= 0.6 is 15.9 Å². The molecule has 7 heteroatoms. The standard InChI is InChI=1S/C20H25BrN2O4/c1-20(2,3)27-19(25)23-14-10-12(21)9-13(17(24)15-5-4-8-26-15)16(14)22-18(23)11-6-7-11/h9-11,15,17,24H,4-8H2,1-3H3. The van der Waals surface area contributed by atoms with E-state index in [1.165, 1.54) is 0 Å². The molecule has 4 rings (SSSR count). The third-order valence-corrected chi connectivity index (χ3v) is 5.39. The Kier molecular flexibility index (Phi) is 4.81. The Morgan fingerprint density at radius 3 is 2.70 bits per heavy atom. The van der Waals surface area contributed by atoms with Crippen molar-refractivity contribution in [3.05, 3.63) is 28.0 Å². The summed E-state index contributed by atoms with van der Waals surface area (Å²) < 4.78 is 13.7. The van der Waals surface area contributed by atoms with Crippen molar-refractivity contribution in [2.75, 3.05) is 6.61 Å². The van der Waals surface area contributed by atoms with Crippen LogP contribution in [0.5, 0.6) is 0 Å². The molecule has 2 aromatic rings. The summed E-state index contributed by atoms with van der Waals surface area (Å²) in [6, 6.07) is 3.74. The Morgan fingerprint density at radius 2 is 2.11 bits per heavy atom. The van der Waals surface area contributed by atoms with Gasteiger partial charge in [-0.2, -0.15) is 0 Å². The van der Waals surface area contributed by atoms with Crippen LogP contribution in [0, 0.1) is 0 Å². The SMILES string of the molecule is CC(C)(C)OC(=O)n1c(C2CC2)nc2c(C(O)C3CCCO3)cc(Br)cc21. The zero-order valence-electron chi connectivity index (χ0n) is 15.9. The average molecular weight is 437 g/mol. The molecule has 1 aromatic heterocycles. The molecule has 0 spiro atoms. The van der Waals surface area contributed by atoms with E-state index in [1.807, 2.05) is 32.9 Å². The molecule has 2 fully saturated rings. The maximum absolute atomic E-state index is 12.9. The minimum atomic E-state index is -0.776. The minimum Gasteiger partial charge on any atom is -0.443 e. The van der Waals surface area contributed by atoms with Crippen LogP contribution in [0.1, 0.15) is 69.9 Å². The fraction of sp³-hybridized carbons (Fsp3) is 0.600. The van der Waals surface area contributed by atoms with Gasteiger partial charge in [0.1, 0.15) is 17.5 Å². The van der Waals surface area contributed by atoms with Gasteiger partial charge < -0.3 is 14.6 Å². The predicted octanol–water partition coefficient (Wildman–Crippen LogP) is 4.67. The van der Waals surface area contributed by atoms with E-state index in [-0.39, 0.29) is 12.0 Å². The molecule has 1 aliphatic carbocycles. The zero-order chi connectivity index (χ0) is 19.3. The zero-order valence-corrected chi connectivity index (χ0v) is 17.5. The molecule has 0 bridgehead atoms. The van der Waals surface area contributed by atoms with Gasteiger partial charge in [-0.25, -0.2) is 14.3 Å². The second-order valence-corrected chi connectivity index (χ2v) is 9.33. The second kappa shape index (κ2) is 6.87. The first kappa shape index (κ1) is 18.9. The van der Waals surface area contributed by atoms with E-state index in [1.54, 1.807) is 4.57 Å². The molecule has 1 aliphatic heterocycles. The summed E-state index contributed by atoms with van der Waals surface area (Å²) in [4.78, 5) is 17.7. The maximum Gasteiger partial charge on any atom is 0.420 e. The molecule has 2 atom stereocenters. The number of halogens is 1. The molecule has 1 aromatic carbocycles. The van der Waals surface area contributed by atoms with Crippen LogP contribution in [0.3, 0.4) is 0 Å². The Morgan fingerprint density at radius 1 is 1.37 bits per heavy atom. The highest BCUT2D eigenvalue weighted by Crippen LogP contribution is 2.43. The monoisotopic (exact) mass is 436 g/mol. The Labute approximate surface area is 167 Å². The van der Waals surface area contributed by atoms with Crippen LogP contribution in [-0.2, 0) is 9.47 Å². The van der Waals surface area contributed by atoms with Gasteiger partial charge in [0.25, 0.3) is 0 Å². The number of carbonyl (C=O) groups is 1. The number of hydrogen-bond donors (Lipinski definition) is 1. The van der Waals surface area contributed by atoms with Crippen molar-refractivity contribution in [3.63, 3.8) is 0 Å². The molecule has 6 nitrogen and oxygen atoms in total. The van der Waals surface area contributed by atoms with Gasteiger partial charge in [-0.05, 0) is 58.6 Å². The van der Waals surface area contributed by atoms with Gasteiger partial charge in [0.15, 0.2) is 0 Å². The van der Waals surface area contributed by atoms with E-state index >= 15 is 0 Å². The Balaban J connectivity index is 1.85. The number of imidazole rings is 1. The Hall–Kier alpha value is -1.44. The summed E-state index contributed by atoms with van der Waals surface area (Å²) in [5.41, 5.74) is 1.40. The normalized spacial score (nSPS) is 21.6. The van der Waals surface area contributed by atoms with E-state index in [4.69, 9.17) is 14.5 Å². The first-order chi connectivity index (χ1) is 12.7. The van der Waals surface area contributed by atoms with Crippen molar-refractivity contribution in [2.45, 2.75) is 70.2 Å². The number of fused-ring (bicyclic) bond motifs is 1. The fourth-order valence-corrected chi connectivity index (χ4v) is 4.04. The van der Waals surface area contributed by atoms with E-state index in [9.17, 15) is 9.90 Å². The molecular formula is C20H25BrN2O4.